The number of methoxy groups -OCH3 is 1. The molecule has 0 amide bonds. The number of alkyl halides is 3. The van der Waals surface area contributed by atoms with Gasteiger partial charge in [0.2, 0.25) is 5.69 Å². The van der Waals surface area contributed by atoms with E-state index in [2.05, 4.69) is 15.0 Å². The lowest BCUT2D eigenvalue weighted by atomic mass is 9.83. The number of carbonyl (C=O) groups is 1. The van der Waals surface area contributed by atoms with E-state index in [1.807, 2.05) is 24.3 Å². The highest BCUT2D eigenvalue weighted by molar-refractivity contribution is 7.99. The van der Waals surface area contributed by atoms with Gasteiger partial charge in [0.05, 0.1) is 20.3 Å². The Bertz CT molecular complexity index is 1250. The molecule has 0 unspecified atom stereocenters. The SMILES string of the molecule is CCOC(=O)c1nnn(Cc2ccc(OC)cc2)c1SC1CCC(c2cc(Cl)ccc2OC(F)(F)F)CC1. The maximum Gasteiger partial charge on any atom is 0.573 e. The van der Waals surface area contributed by atoms with E-state index in [0.717, 1.165) is 11.3 Å². The van der Waals surface area contributed by atoms with Gasteiger partial charge in [0.1, 0.15) is 16.5 Å². The molecular formula is C26H27ClF3N3O4S. The Morgan fingerprint density at radius 2 is 1.84 bits per heavy atom. The van der Waals surface area contributed by atoms with Crippen molar-refractivity contribution in [1.82, 2.24) is 15.0 Å². The van der Waals surface area contributed by atoms with Gasteiger partial charge in [0.25, 0.3) is 0 Å². The van der Waals surface area contributed by atoms with Crippen molar-refractivity contribution in [3.63, 3.8) is 0 Å². The molecular weight excluding hydrogens is 543 g/mol. The fourth-order valence-electron chi connectivity index (χ4n) is 4.46. The molecule has 1 aliphatic rings. The number of thioether (sulfide) groups is 1. The minimum atomic E-state index is -4.78. The molecule has 1 fully saturated rings. The average molecular weight is 570 g/mol. The summed E-state index contributed by atoms with van der Waals surface area (Å²) >= 11 is 7.59. The third kappa shape index (κ3) is 7.13. The van der Waals surface area contributed by atoms with Gasteiger partial charge in [-0.15, -0.1) is 30.0 Å². The summed E-state index contributed by atoms with van der Waals surface area (Å²) in [5.74, 6) is -0.161. The van der Waals surface area contributed by atoms with Crippen LogP contribution in [0.2, 0.25) is 5.02 Å². The van der Waals surface area contributed by atoms with E-state index in [1.54, 1.807) is 24.8 Å². The minimum Gasteiger partial charge on any atom is -0.497 e. The van der Waals surface area contributed by atoms with Crippen LogP contribution in [0.3, 0.4) is 0 Å². The van der Waals surface area contributed by atoms with Crippen molar-refractivity contribution in [2.24, 2.45) is 0 Å². The van der Waals surface area contributed by atoms with Crippen LogP contribution in [-0.2, 0) is 11.3 Å². The molecule has 38 heavy (non-hydrogen) atoms. The monoisotopic (exact) mass is 569 g/mol. The number of benzene rings is 2. The van der Waals surface area contributed by atoms with Crippen LogP contribution >= 0.6 is 23.4 Å². The Hall–Kier alpha value is -2.92. The van der Waals surface area contributed by atoms with Gasteiger partial charge < -0.3 is 14.2 Å². The normalized spacial score (nSPS) is 17.7. The Labute approximate surface area is 227 Å². The summed E-state index contributed by atoms with van der Waals surface area (Å²) in [5.41, 5.74) is 1.56. The van der Waals surface area contributed by atoms with Crippen molar-refractivity contribution in [2.45, 2.75) is 61.7 Å². The van der Waals surface area contributed by atoms with Gasteiger partial charge in [-0.3, -0.25) is 0 Å². The van der Waals surface area contributed by atoms with Crippen molar-refractivity contribution in [2.75, 3.05) is 13.7 Å². The van der Waals surface area contributed by atoms with E-state index in [1.165, 1.54) is 23.9 Å². The second-order valence-electron chi connectivity index (χ2n) is 8.79. The lowest BCUT2D eigenvalue weighted by Gasteiger charge is -2.29. The van der Waals surface area contributed by atoms with Crippen LogP contribution in [0.25, 0.3) is 0 Å². The molecule has 2 aromatic carbocycles. The summed E-state index contributed by atoms with van der Waals surface area (Å²) in [6.07, 6.45) is -2.08. The van der Waals surface area contributed by atoms with Crippen LogP contribution in [0.1, 0.15) is 60.1 Å². The molecule has 4 rings (SSSR count). The van der Waals surface area contributed by atoms with Gasteiger partial charge in [0, 0.05) is 10.3 Å². The van der Waals surface area contributed by atoms with Crippen molar-refractivity contribution in [3.8, 4) is 11.5 Å². The maximum absolute atomic E-state index is 12.9. The lowest BCUT2D eigenvalue weighted by Crippen LogP contribution is -2.21. The van der Waals surface area contributed by atoms with Crippen LogP contribution in [0.15, 0.2) is 47.5 Å². The molecule has 0 N–H and O–H groups in total. The van der Waals surface area contributed by atoms with Crippen molar-refractivity contribution in [3.05, 3.63) is 64.3 Å². The molecule has 3 aromatic rings. The summed E-state index contributed by atoms with van der Waals surface area (Å²) in [6.45, 7) is 2.33. The maximum atomic E-state index is 12.9. The molecule has 0 atom stereocenters. The average Bonchev–Trinajstić information content (AvgIpc) is 3.27. The van der Waals surface area contributed by atoms with Gasteiger partial charge in [-0.2, -0.15) is 0 Å². The Balaban J connectivity index is 1.50. The van der Waals surface area contributed by atoms with Crippen LogP contribution in [0, 0.1) is 0 Å². The zero-order valence-electron chi connectivity index (χ0n) is 20.8. The first kappa shape index (κ1) is 28.1. The highest BCUT2D eigenvalue weighted by atomic mass is 35.5. The van der Waals surface area contributed by atoms with Gasteiger partial charge in [0.15, 0.2) is 0 Å². The van der Waals surface area contributed by atoms with E-state index in [4.69, 9.17) is 21.1 Å². The molecule has 1 heterocycles. The molecule has 0 aliphatic heterocycles. The first-order chi connectivity index (χ1) is 18.2. The topological polar surface area (TPSA) is 75.5 Å². The highest BCUT2D eigenvalue weighted by Gasteiger charge is 2.34. The van der Waals surface area contributed by atoms with Gasteiger partial charge in [-0.1, -0.05) is 28.9 Å². The minimum absolute atomic E-state index is 0.110. The molecule has 204 valence electrons. The second kappa shape index (κ2) is 12.3. The van der Waals surface area contributed by atoms with Gasteiger partial charge in [-0.25, -0.2) is 9.48 Å². The van der Waals surface area contributed by atoms with E-state index < -0.39 is 12.3 Å². The Kier molecular flexibility index (Phi) is 9.09. The number of aromatic nitrogens is 3. The van der Waals surface area contributed by atoms with E-state index in [-0.39, 0.29) is 29.2 Å². The van der Waals surface area contributed by atoms with Crippen LogP contribution < -0.4 is 9.47 Å². The van der Waals surface area contributed by atoms with Crippen LogP contribution in [0.5, 0.6) is 11.5 Å². The molecule has 0 bridgehead atoms. The summed E-state index contributed by atoms with van der Waals surface area (Å²) in [6, 6.07) is 11.7. The quantitative estimate of drug-likeness (QED) is 0.260. The number of halogens is 4. The fraction of sp³-hybridized carbons (Fsp3) is 0.423. The number of hydrogen-bond donors (Lipinski definition) is 0. The summed E-state index contributed by atoms with van der Waals surface area (Å²) in [4.78, 5) is 12.6. The number of hydrogen-bond acceptors (Lipinski definition) is 7. The Morgan fingerprint density at radius 3 is 2.47 bits per heavy atom. The van der Waals surface area contributed by atoms with E-state index in [0.29, 0.717) is 47.8 Å². The van der Waals surface area contributed by atoms with Crippen LogP contribution in [-0.4, -0.2) is 46.3 Å². The molecule has 1 saturated carbocycles. The molecule has 1 aliphatic carbocycles. The summed E-state index contributed by atoms with van der Waals surface area (Å²) in [5, 5.41) is 9.39. The lowest BCUT2D eigenvalue weighted by molar-refractivity contribution is -0.275. The first-order valence-corrected chi connectivity index (χ1v) is 13.4. The fourth-order valence-corrected chi connectivity index (χ4v) is 5.92. The standard InChI is InChI=1S/C26H27ClF3N3O4S/c1-3-36-25(34)23-24(33(32-31-23)15-16-4-9-19(35-2)10-5-16)38-20-11-6-17(7-12-20)21-14-18(27)8-13-22(21)37-26(28,29)30/h4-5,8-10,13-14,17,20H,3,6-7,11-12,15H2,1-2H3. The molecule has 12 heteroatoms. The van der Waals surface area contributed by atoms with Crippen LogP contribution in [0.4, 0.5) is 13.2 Å². The number of rotatable bonds is 9. The Morgan fingerprint density at radius 1 is 1.13 bits per heavy atom. The number of nitrogens with zero attached hydrogens (tertiary/aromatic N) is 3. The molecule has 0 spiro atoms. The van der Waals surface area contributed by atoms with E-state index >= 15 is 0 Å². The number of carbonyl (C=O) groups excluding carboxylic acids is 1. The molecule has 0 radical (unpaired) electrons. The third-order valence-corrected chi connectivity index (χ3v) is 7.91. The second-order valence-corrected chi connectivity index (χ2v) is 10.5. The molecule has 1 aromatic heterocycles. The summed E-state index contributed by atoms with van der Waals surface area (Å²) in [7, 11) is 1.60. The van der Waals surface area contributed by atoms with Gasteiger partial charge in [-0.05, 0) is 80.0 Å². The number of ether oxygens (including phenoxy) is 3. The summed E-state index contributed by atoms with van der Waals surface area (Å²) < 4.78 is 55.1. The highest BCUT2D eigenvalue weighted by Crippen LogP contribution is 2.44. The van der Waals surface area contributed by atoms with Crippen molar-refractivity contribution in [1.29, 1.82) is 0 Å². The van der Waals surface area contributed by atoms with Gasteiger partial charge >= 0.3 is 12.3 Å². The zero-order valence-corrected chi connectivity index (χ0v) is 22.4. The third-order valence-electron chi connectivity index (χ3n) is 6.24. The molecule has 0 saturated heterocycles. The predicted molar refractivity (Wildman–Crippen MR) is 137 cm³/mol. The number of esters is 1. The smallest absolute Gasteiger partial charge is 0.497 e. The molecule has 7 nitrogen and oxygen atoms in total. The van der Waals surface area contributed by atoms with E-state index in [9.17, 15) is 18.0 Å². The zero-order chi connectivity index (χ0) is 27.3. The van der Waals surface area contributed by atoms with Crippen molar-refractivity contribution >= 4 is 29.3 Å². The predicted octanol–water partition coefficient (Wildman–Crippen LogP) is 6.88. The largest absolute Gasteiger partial charge is 0.573 e. The van der Waals surface area contributed by atoms with Crippen molar-refractivity contribution < 1.29 is 32.2 Å². The first-order valence-electron chi connectivity index (χ1n) is 12.1.